The first kappa shape index (κ1) is 13.3. The second-order valence-electron chi connectivity index (χ2n) is 4.46. The molecular formula is C12H15FO4. The molecule has 0 bridgehead atoms. The van der Waals surface area contributed by atoms with Crippen LogP contribution in [0.1, 0.15) is 25.8 Å². The molecule has 0 unspecified atom stereocenters. The first-order chi connectivity index (χ1) is 7.77. The number of ether oxygens (including phenoxy) is 1. The third kappa shape index (κ3) is 2.87. The van der Waals surface area contributed by atoms with Crippen LogP contribution in [0, 0.1) is 5.82 Å². The highest BCUT2D eigenvalue weighted by Gasteiger charge is 2.28. The van der Waals surface area contributed by atoms with Gasteiger partial charge < -0.3 is 14.9 Å². The quantitative estimate of drug-likeness (QED) is 0.850. The fourth-order valence-electron chi connectivity index (χ4n) is 1.70. The smallest absolute Gasteiger partial charge is 0.304 e. The molecule has 1 rings (SSSR count). The zero-order chi connectivity index (χ0) is 13.2. The molecular weight excluding hydrogens is 227 g/mol. The summed E-state index contributed by atoms with van der Waals surface area (Å²) in [6.07, 6.45) is -0.226. The van der Waals surface area contributed by atoms with E-state index in [1.165, 1.54) is 13.2 Å². The summed E-state index contributed by atoms with van der Waals surface area (Å²) in [7, 11) is 1.32. The lowest BCUT2D eigenvalue weighted by molar-refractivity contribution is -0.138. The van der Waals surface area contributed by atoms with Crippen LogP contribution in [-0.4, -0.2) is 23.3 Å². The van der Waals surface area contributed by atoms with Gasteiger partial charge in [0.25, 0.3) is 0 Å². The number of hydrogen-bond acceptors (Lipinski definition) is 3. The molecule has 0 spiro atoms. The first-order valence-electron chi connectivity index (χ1n) is 5.06. The van der Waals surface area contributed by atoms with Crippen molar-refractivity contribution in [3.05, 3.63) is 23.5 Å². The van der Waals surface area contributed by atoms with Gasteiger partial charge in [0.2, 0.25) is 0 Å². The molecule has 0 radical (unpaired) electrons. The summed E-state index contributed by atoms with van der Waals surface area (Å²) in [4.78, 5) is 10.7. The summed E-state index contributed by atoms with van der Waals surface area (Å²) >= 11 is 0. The predicted octanol–water partition coefficient (Wildman–Crippen LogP) is 2.29. The molecule has 0 aromatic heterocycles. The van der Waals surface area contributed by atoms with Gasteiger partial charge in [0.05, 0.1) is 13.5 Å². The molecule has 17 heavy (non-hydrogen) atoms. The third-order valence-corrected chi connectivity index (χ3v) is 2.59. The lowest BCUT2D eigenvalue weighted by atomic mass is 9.81. The van der Waals surface area contributed by atoms with E-state index in [1.54, 1.807) is 13.8 Å². The van der Waals surface area contributed by atoms with Crippen molar-refractivity contribution in [3.8, 4) is 11.5 Å². The largest absolute Gasteiger partial charge is 0.504 e. The third-order valence-electron chi connectivity index (χ3n) is 2.59. The van der Waals surface area contributed by atoms with E-state index in [1.807, 2.05) is 0 Å². The van der Waals surface area contributed by atoms with Crippen LogP contribution in [0.25, 0.3) is 0 Å². The van der Waals surface area contributed by atoms with Crippen LogP contribution in [0.4, 0.5) is 4.39 Å². The van der Waals surface area contributed by atoms with Crippen LogP contribution < -0.4 is 4.74 Å². The average molecular weight is 242 g/mol. The number of rotatable bonds is 4. The highest BCUT2D eigenvalue weighted by molar-refractivity contribution is 5.69. The molecule has 0 aliphatic heterocycles. The topological polar surface area (TPSA) is 66.8 Å². The number of methoxy groups -OCH3 is 1. The number of benzene rings is 1. The fraction of sp³-hybridized carbons (Fsp3) is 0.417. The Hall–Kier alpha value is -1.78. The number of aromatic hydroxyl groups is 1. The summed E-state index contributed by atoms with van der Waals surface area (Å²) in [5.41, 5.74) is -0.752. The molecule has 0 saturated carbocycles. The van der Waals surface area contributed by atoms with Gasteiger partial charge in [-0.05, 0) is 11.6 Å². The Morgan fingerprint density at radius 3 is 2.53 bits per heavy atom. The van der Waals surface area contributed by atoms with Gasteiger partial charge in [-0.25, -0.2) is 4.39 Å². The Balaban J connectivity index is 3.22. The Morgan fingerprint density at radius 2 is 2.06 bits per heavy atom. The number of carboxylic acid groups (broad SMARTS) is 1. The van der Waals surface area contributed by atoms with E-state index in [-0.39, 0.29) is 23.5 Å². The van der Waals surface area contributed by atoms with Crippen molar-refractivity contribution in [2.24, 2.45) is 0 Å². The normalized spacial score (nSPS) is 11.3. The zero-order valence-electron chi connectivity index (χ0n) is 9.95. The highest BCUT2D eigenvalue weighted by atomic mass is 19.1. The van der Waals surface area contributed by atoms with Crippen molar-refractivity contribution in [2.75, 3.05) is 7.11 Å². The van der Waals surface area contributed by atoms with E-state index in [9.17, 15) is 14.3 Å². The van der Waals surface area contributed by atoms with E-state index in [2.05, 4.69) is 0 Å². The Morgan fingerprint density at radius 1 is 1.47 bits per heavy atom. The maximum absolute atomic E-state index is 13.8. The minimum atomic E-state index is -1.02. The molecule has 1 aromatic carbocycles. The predicted molar refractivity (Wildman–Crippen MR) is 59.9 cm³/mol. The van der Waals surface area contributed by atoms with Gasteiger partial charge >= 0.3 is 5.97 Å². The fourth-order valence-corrected chi connectivity index (χ4v) is 1.70. The van der Waals surface area contributed by atoms with Crippen LogP contribution in [-0.2, 0) is 10.2 Å². The molecule has 4 nitrogen and oxygen atoms in total. The van der Waals surface area contributed by atoms with E-state index >= 15 is 0 Å². The van der Waals surface area contributed by atoms with Crippen LogP contribution in [0.3, 0.4) is 0 Å². The summed E-state index contributed by atoms with van der Waals surface area (Å²) in [5.74, 6) is -1.80. The number of carboxylic acids is 1. The van der Waals surface area contributed by atoms with Gasteiger partial charge in [-0.15, -0.1) is 0 Å². The molecule has 94 valence electrons. The molecule has 2 N–H and O–H groups in total. The molecule has 0 amide bonds. The Bertz CT molecular complexity index is 440. The van der Waals surface area contributed by atoms with Crippen LogP contribution in [0.5, 0.6) is 11.5 Å². The molecule has 0 heterocycles. The van der Waals surface area contributed by atoms with Crippen LogP contribution in [0.2, 0.25) is 0 Å². The molecule has 0 aliphatic carbocycles. The first-order valence-corrected chi connectivity index (χ1v) is 5.06. The average Bonchev–Trinajstić information content (AvgIpc) is 2.18. The van der Waals surface area contributed by atoms with Gasteiger partial charge in [0, 0.05) is 11.5 Å². The maximum Gasteiger partial charge on any atom is 0.304 e. The van der Waals surface area contributed by atoms with Crippen LogP contribution >= 0.6 is 0 Å². The van der Waals surface area contributed by atoms with Crippen molar-refractivity contribution in [2.45, 2.75) is 25.7 Å². The summed E-state index contributed by atoms with van der Waals surface area (Å²) in [6, 6.07) is 2.26. The van der Waals surface area contributed by atoms with E-state index < -0.39 is 17.2 Å². The van der Waals surface area contributed by atoms with Crippen molar-refractivity contribution in [1.82, 2.24) is 0 Å². The Labute approximate surface area is 98.7 Å². The zero-order valence-corrected chi connectivity index (χ0v) is 9.95. The Kier molecular flexibility index (Phi) is 3.60. The lowest BCUT2D eigenvalue weighted by Crippen LogP contribution is -2.23. The number of aliphatic carboxylic acids is 1. The lowest BCUT2D eigenvalue weighted by Gasteiger charge is -2.24. The second kappa shape index (κ2) is 4.61. The maximum atomic E-state index is 13.8. The van der Waals surface area contributed by atoms with Gasteiger partial charge in [-0.3, -0.25) is 4.79 Å². The molecule has 5 heteroatoms. The van der Waals surface area contributed by atoms with Crippen molar-refractivity contribution in [3.63, 3.8) is 0 Å². The number of phenolic OH excluding ortho intramolecular Hbond substituents is 1. The second-order valence-corrected chi connectivity index (χ2v) is 4.46. The van der Waals surface area contributed by atoms with Crippen molar-refractivity contribution in [1.29, 1.82) is 0 Å². The van der Waals surface area contributed by atoms with Crippen LogP contribution in [0.15, 0.2) is 12.1 Å². The number of halogens is 1. The summed E-state index contributed by atoms with van der Waals surface area (Å²) in [5, 5.41) is 18.3. The standard InChI is InChI=1S/C12H15FO4/c1-12(2,6-11(15)16)7-4-9(14)10(17-3)5-8(7)13/h4-5,14H,6H2,1-3H3,(H,15,16). The SMILES string of the molecule is COc1cc(F)c(C(C)(C)CC(=O)O)cc1O. The molecule has 0 atom stereocenters. The highest BCUT2D eigenvalue weighted by Crippen LogP contribution is 2.36. The van der Waals surface area contributed by atoms with E-state index in [0.29, 0.717) is 0 Å². The number of hydrogen-bond donors (Lipinski definition) is 2. The van der Waals surface area contributed by atoms with Gasteiger partial charge in [0.1, 0.15) is 5.82 Å². The van der Waals surface area contributed by atoms with Gasteiger partial charge in [0.15, 0.2) is 11.5 Å². The molecule has 0 saturated heterocycles. The van der Waals surface area contributed by atoms with E-state index in [4.69, 9.17) is 9.84 Å². The summed E-state index contributed by atoms with van der Waals surface area (Å²) in [6.45, 7) is 3.21. The van der Waals surface area contributed by atoms with Gasteiger partial charge in [-0.2, -0.15) is 0 Å². The molecule has 0 aliphatic rings. The van der Waals surface area contributed by atoms with E-state index in [0.717, 1.165) is 6.07 Å². The minimum Gasteiger partial charge on any atom is -0.504 e. The number of carbonyl (C=O) groups is 1. The molecule has 0 fully saturated rings. The number of phenols is 1. The van der Waals surface area contributed by atoms with Gasteiger partial charge in [-0.1, -0.05) is 13.8 Å². The van der Waals surface area contributed by atoms with Crippen molar-refractivity contribution >= 4 is 5.97 Å². The monoisotopic (exact) mass is 242 g/mol. The molecule has 1 aromatic rings. The summed E-state index contributed by atoms with van der Waals surface area (Å²) < 4.78 is 18.5. The minimum absolute atomic E-state index is 0.0253. The van der Waals surface area contributed by atoms with Crippen molar-refractivity contribution < 1.29 is 24.1 Å².